The average Bonchev–Trinajstić information content (AvgIpc) is 2.48. The molecule has 0 aromatic heterocycles. The first-order chi connectivity index (χ1) is 10.8. The van der Waals surface area contributed by atoms with E-state index in [4.69, 9.17) is 9.47 Å². The maximum absolute atomic E-state index is 12.2. The van der Waals surface area contributed by atoms with Gasteiger partial charge in [-0.1, -0.05) is 30.3 Å². The van der Waals surface area contributed by atoms with Crippen LogP contribution in [0.25, 0.3) is 0 Å². The van der Waals surface area contributed by atoms with Crippen molar-refractivity contribution < 1.29 is 19.0 Å². The molecule has 2 aromatic rings. The van der Waals surface area contributed by atoms with Crippen LogP contribution < -0.4 is 4.74 Å². The van der Waals surface area contributed by atoms with Crippen LogP contribution in [0.15, 0.2) is 54.6 Å². The minimum Gasteiger partial charge on any atom is -0.618 e. The number of benzene rings is 2. The summed E-state index contributed by atoms with van der Waals surface area (Å²) in [6.45, 7) is 5.25. The molecule has 0 atom stereocenters. The summed E-state index contributed by atoms with van der Waals surface area (Å²) in [7, 11) is 0. The molecule has 0 radical (unpaired) electrons. The monoisotopic (exact) mass is 313 g/mol. The summed E-state index contributed by atoms with van der Waals surface area (Å²) in [5, 5.41) is 12.2. The van der Waals surface area contributed by atoms with Crippen molar-refractivity contribution in [1.82, 2.24) is 0 Å². The molecule has 2 aromatic carbocycles. The summed E-state index contributed by atoms with van der Waals surface area (Å²) in [4.78, 5) is 11.8. The predicted octanol–water partition coefficient (Wildman–Crippen LogP) is 4.26. The van der Waals surface area contributed by atoms with E-state index >= 15 is 0 Å². The van der Waals surface area contributed by atoms with Crippen molar-refractivity contribution in [2.45, 2.75) is 26.4 Å². The number of rotatable bonds is 3. The Kier molecular flexibility index (Phi) is 5.01. The second-order valence-electron chi connectivity index (χ2n) is 5.89. The summed E-state index contributed by atoms with van der Waals surface area (Å²) >= 11 is 0. The van der Waals surface area contributed by atoms with Gasteiger partial charge in [0.2, 0.25) is 5.69 Å². The predicted molar refractivity (Wildman–Crippen MR) is 88.2 cm³/mol. The summed E-state index contributed by atoms with van der Waals surface area (Å²) in [6.07, 6.45) is 0.546. The number of ether oxygens (including phenoxy) is 2. The fourth-order valence-electron chi connectivity index (χ4n) is 1.82. The number of nitrogens with zero attached hydrogens (tertiary/aromatic N) is 1. The van der Waals surface area contributed by atoms with Crippen molar-refractivity contribution in [3.05, 3.63) is 65.4 Å². The van der Waals surface area contributed by atoms with Crippen molar-refractivity contribution in [3.63, 3.8) is 0 Å². The van der Waals surface area contributed by atoms with Crippen LogP contribution in [0.4, 0.5) is 10.5 Å². The van der Waals surface area contributed by atoms with Crippen molar-refractivity contribution in [1.29, 1.82) is 0 Å². The Hall–Kier alpha value is -2.82. The third-order valence-electron chi connectivity index (χ3n) is 2.77. The van der Waals surface area contributed by atoms with Gasteiger partial charge in [0, 0.05) is 12.1 Å². The lowest BCUT2D eigenvalue weighted by molar-refractivity contribution is -0.354. The van der Waals surface area contributed by atoms with Gasteiger partial charge in [0.25, 0.3) is 0 Å². The third-order valence-corrected chi connectivity index (χ3v) is 2.77. The van der Waals surface area contributed by atoms with Crippen LogP contribution in [0.3, 0.4) is 0 Å². The third kappa shape index (κ3) is 5.14. The zero-order chi connectivity index (χ0) is 16.9. The van der Waals surface area contributed by atoms with Gasteiger partial charge in [0.1, 0.15) is 11.4 Å². The Morgan fingerprint density at radius 2 is 1.65 bits per heavy atom. The van der Waals surface area contributed by atoms with E-state index in [1.165, 1.54) is 6.21 Å². The molecular formula is C18H19NO4. The van der Waals surface area contributed by atoms with Crippen molar-refractivity contribution in [2.24, 2.45) is 0 Å². The zero-order valence-corrected chi connectivity index (χ0v) is 13.4. The van der Waals surface area contributed by atoms with Gasteiger partial charge in [-0.25, -0.2) is 4.79 Å². The summed E-state index contributed by atoms with van der Waals surface area (Å²) in [6, 6.07) is 15.5. The van der Waals surface area contributed by atoms with E-state index < -0.39 is 11.8 Å². The van der Waals surface area contributed by atoms with E-state index in [0.717, 1.165) is 4.74 Å². The molecule has 0 unspecified atom stereocenters. The standard InChI is InChI=1S/C18H19NO4/c1-18(2,3)23-17(20)22-16-12-8-7-9-14(16)13-19(21)15-10-5-4-6-11-15/h4-13H,1-3H3/b19-13-. The zero-order valence-electron chi connectivity index (χ0n) is 13.4. The minimum atomic E-state index is -0.810. The Labute approximate surface area is 135 Å². The lowest BCUT2D eigenvalue weighted by Gasteiger charge is -2.18. The molecule has 5 nitrogen and oxygen atoms in total. The van der Waals surface area contributed by atoms with E-state index in [2.05, 4.69) is 0 Å². The van der Waals surface area contributed by atoms with Crippen LogP contribution in [-0.4, -0.2) is 22.7 Å². The lowest BCUT2D eigenvalue weighted by Crippen LogP contribution is -2.26. The molecule has 0 spiro atoms. The van der Waals surface area contributed by atoms with Crippen LogP contribution in [0, 0.1) is 5.21 Å². The lowest BCUT2D eigenvalue weighted by atomic mass is 10.2. The van der Waals surface area contributed by atoms with Crippen LogP contribution in [0.1, 0.15) is 26.3 Å². The number of carbonyl (C=O) groups is 1. The van der Waals surface area contributed by atoms with Crippen LogP contribution >= 0.6 is 0 Å². The fraction of sp³-hybridized carbons (Fsp3) is 0.222. The molecule has 0 aliphatic rings. The maximum atomic E-state index is 12.2. The van der Waals surface area contributed by atoms with Crippen molar-refractivity contribution in [2.75, 3.05) is 0 Å². The molecule has 5 heteroatoms. The highest BCUT2D eigenvalue weighted by atomic mass is 16.7. The first-order valence-electron chi connectivity index (χ1n) is 7.21. The van der Waals surface area contributed by atoms with Gasteiger partial charge in [-0.15, -0.1) is 0 Å². The molecule has 0 amide bonds. The molecule has 0 bridgehead atoms. The van der Waals surface area contributed by atoms with E-state index in [9.17, 15) is 10.0 Å². The first kappa shape index (κ1) is 16.5. The Bertz CT molecular complexity index is 702. The van der Waals surface area contributed by atoms with Gasteiger partial charge in [-0.2, -0.15) is 4.74 Å². The molecule has 0 N–H and O–H groups in total. The van der Waals surface area contributed by atoms with Gasteiger partial charge in [-0.05, 0) is 32.9 Å². The van der Waals surface area contributed by atoms with Crippen LogP contribution in [0.5, 0.6) is 5.75 Å². The highest BCUT2D eigenvalue weighted by Crippen LogP contribution is 2.19. The molecule has 0 aliphatic carbocycles. The molecule has 120 valence electrons. The molecule has 2 rings (SSSR count). The molecule has 0 saturated carbocycles. The summed E-state index contributed by atoms with van der Waals surface area (Å²) in [5.41, 5.74) is 0.321. The highest BCUT2D eigenvalue weighted by Gasteiger charge is 2.19. The second kappa shape index (κ2) is 6.96. The number of carbonyl (C=O) groups excluding carboxylic acids is 1. The largest absolute Gasteiger partial charge is 0.618 e. The highest BCUT2D eigenvalue weighted by molar-refractivity contribution is 5.82. The molecule has 0 heterocycles. The molecule has 0 aliphatic heterocycles. The number of hydrogen-bond donors (Lipinski definition) is 0. The second-order valence-corrected chi connectivity index (χ2v) is 5.89. The normalized spacial score (nSPS) is 11.9. The van der Waals surface area contributed by atoms with Crippen LogP contribution in [-0.2, 0) is 4.74 Å². The SMILES string of the molecule is CC(C)(C)OC(=O)Oc1ccccc1/C=[N+](\[O-])c1ccccc1. The summed E-state index contributed by atoms with van der Waals surface area (Å²) in [5.74, 6) is 0.263. The molecule has 0 fully saturated rings. The average molecular weight is 313 g/mol. The molecule has 23 heavy (non-hydrogen) atoms. The van der Waals surface area contributed by atoms with Crippen molar-refractivity contribution >= 4 is 18.1 Å². The number of para-hydroxylation sites is 2. The van der Waals surface area contributed by atoms with E-state index in [1.807, 2.05) is 6.07 Å². The summed E-state index contributed by atoms with van der Waals surface area (Å²) < 4.78 is 11.0. The first-order valence-corrected chi connectivity index (χ1v) is 7.21. The Balaban J connectivity index is 2.23. The molecule has 0 saturated heterocycles. The van der Waals surface area contributed by atoms with Crippen LogP contribution in [0.2, 0.25) is 0 Å². The maximum Gasteiger partial charge on any atom is 0.514 e. The Morgan fingerprint density at radius 1 is 1.04 bits per heavy atom. The topological polar surface area (TPSA) is 61.6 Å². The smallest absolute Gasteiger partial charge is 0.514 e. The Morgan fingerprint density at radius 3 is 2.30 bits per heavy atom. The minimum absolute atomic E-state index is 0.263. The van der Waals surface area contributed by atoms with Gasteiger partial charge in [0.05, 0.1) is 5.56 Å². The van der Waals surface area contributed by atoms with Gasteiger partial charge >= 0.3 is 6.16 Å². The van der Waals surface area contributed by atoms with E-state index in [1.54, 1.807) is 69.3 Å². The van der Waals surface area contributed by atoms with Gasteiger partial charge < -0.3 is 14.7 Å². The van der Waals surface area contributed by atoms with E-state index in [-0.39, 0.29) is 5.75 Å². The van der Waals surface area contributed by atoms with Gasteiger partial charge in [-0.3, -0.25) is 0 Å². The fourth-order valence-corrected chi connectivity index (χ4v) is 1.82. The number of hydrogen-bond acceptors (Lipinski definition) is 4. The van der Waals surface area contributed by atoms with Crippen molar-refractivity contribution in [3.8, 4) is 5.75 Å². The van der Waals surface area contributed by atoms with E-state index in [0.29, 0.717) is 11.3 Å². The molecular weight excluding hydrogens is 294 g/mol. The van der Waals surface area contributed by atoms with Gasteiger partial charge in [0.15, 0.2) is 6.21 Å². The quantitative estimate of drug-likeness (QED) is 0.212.